The van der Waals surface area contributed by atoms with Crippen molar-refractivity contribution >= 4 is 17.7 Å². The van der Waals surface area contributed by atoms with E-state index in [4.69, 9.17) is 4.74 Å². The topological polar surface area (TPSA) is 65.1 Å². The van der Waals surface area contributed by atoms with E-state index in [0.717, 1.165) is 37.4 Å². The number of ether oxygens (including phenoxy) is 1. The zero-order valence-corrected chi connectivity index (χ0v) is 20.2. The fraction of sp³-hybridized carbons (Fsp3) is 0.667. The first kappa shape index (κ1) is 24.3. The average molecular weight is 449 g/mol. The van der Waals surface area contributed by atoms with Crippen LogP contribution in [-0.2, 0) is 9.53 Å². The van der Waals surface area contributed by atoms with Crippen molar-refractivity contribution in [1.29, 1.82) is 0 Å². The molecule has 1 N–H and O–H groups in total. The molecule has 8 heteroatoms. The minimum absolute atomic E-state index is 0.0827. The summed E-state index contributed by atoms with van der Waals surface area (Å²) in [7, 11) is 2.09. The van der Waals surface area contributed by atoms with Crippen LogP contribution >= 0.6 is 0 Å². The van der Waals surface area contributed by atoms with Gasteiger partial charge in [-0.15, -0.1) is 0 Å². The Kier molecular flexibility index (Phi) is 7.32. The second kappa shape index (κ2) is 9.65. The van der Waals surface area contributed by atoms with Crippen LogP contribution in [0.2, 0.25) is 0 Å². The van der Waals surface area contributed by atoms with E-state index in [0.29, 0.717) is 13.1 Å². The molecule has 2 amide bonds. The van der Waals surface area contributed by atoms with Gasteiger partial charge >= 0.3 is 6.09 Å². The number of benzene rings is 1. The Bertz CT molecular complexity index is 827. The molecule has 0 spiro atoms. The number of carbonyl (C=O) groups is 2. The highest BCUT2D eigenvalue weighted by Crippen LogP contribution is 2.30. The van der Waals surface area contributed by atoms with Gasteiger partial charge in [0.1, 0.15) is 11.4 Å². The van der Waals surface area contributed by atoms with Crippen molar-refractivity contribution in [3.05, 3.63) is 29.6 Å². The summed E-state index contributed by atoms with van der Waals surface area (Å²) in [6.07, 6.45) is -0.341. The molecular formula is C24H37FN4O3. The molecule has 1 aromatic carbocycles. The highest BCUT2D eigenvalue weighted by atomic mass is 19.1. The molecule has 2 saturated heterocycles. The van der Waals surface area contributed by atoms with Gasteiger partial charge in [-0.2, -0.15) is 0 Å². The molecule has 0 radical (unpaired) electrons. The predicted octanol–water partition coefficient (Wildman–Crippen LogP) is 3.26. The summed E-state index contributed by atoms with van der Waals surface area (Å²) >= 11 is 0. The van der Waals surface area contributed by atoms with E-state index in [9.17, 15) is 14.0 Å². The molecule has 0 aliphatic carbocycles. The summed E-state index contributed by atoms with van der Waals surface area (Å²) < 4.78 is 19.5. The molecule has 1 aromatic rings. The van der Waals surface area contributed by atoms with Crippen molar-refractivity contribution in [2.45, 2.75) is 46.3 Å². The third-order valence-corrected chi connectivity index (χ3v) is 6.34. The molecule has 178 valence electrons. The second-order valence-electron chi connectivity index (χ2n) is 10.2. The standard InChI is InChI=1S/C24H37FN4O3/c1-16(18-14-29(15-18)23(31)32-24(3,4)5)22(30)26-17(2)20-13-19(25)7-8-21(20)28-11-9-27(6)10-12-28/h7-8,13,16-18H,9-12,14-15H2,1-6H3,(H,26,30)/t16-,17-/m1/s1. The first-order valence-electron chi connectivity index (χ1n) is 11.5. The van der Waals surface area contributed by atoms with Crippen molar-refractivity contribution in [2.75, 3.05) is 51.2 Å². The van der Waals surface area contributed by atoms with Gasteiger partial charge in [-0.05, 0) is 52.9 Å². The van der Waals surface area contributed by atoms with Gasteiger partial charge in [0.2, 0.25) is 5.91 Å². The Morgan fingerprint density at radius 2 is 1.75 bits per heavy atom. The number of likely N-dealkylation sites (tertiary alicyclic amines) is 1. The Morgan fingerprint density at radius 1 is 1.12 bits per heavy atom. The number of hydrogen-bond donors (Lipinski definition) is 1. The average Bonchev–Trinajstić information content (AvgIpc) is 2.66. The summed E-state index contributed by atoms with van der Waals surface area (Å²) in [4.78, 5) is 31.2. The van der Waals surface area contributed by atoms with Gasteiger partial charge in [0.15, 0.2) is 0 Å². The Labute approximate surface area is 190 Å². The minimum Gasteiger partial charge on any atom is -0.444 e. The fourth-order valence-corrected chi connectivity index (χ4v) is 4.15. The number of hydrogen-bond acceptors (Lipinski definition) is 5. The molecule has 2 aliphatic heterocycles. The van der Waals surface area contributed by atoms with E-state index in [-0.39, 0.29) is 35.7 Å². The number of nitrogens with one attached hydrogen (secondary N) is 1. The Morgan fingerprint density at radius 3 is 2.34 bits per heavy atom. The lowest BCUT2D eigenvalue weighted by Crippen LogP contribution is -2.55. The van der Waals surface area contributed by atoms with E-state index in [1.807, 2.05) is 40.7 Å². The molecule has 32 heavy (non-hydrogen) atoms. The van der Waals surface area contributed by atoms with Gasteiger partial charge in [-0.1, -0.05) is 6.92 Å². The van der Waals surface area contributed by atoms with Crippen LogP contribution in [0.1, 0.15) is 46.2 Å². The first-order valence-corrected chi connectivity index (χ1v) is 11.5. The van der Waals surface area contributed by atoms with E-state index in [1.54, 1.807) is 4.90 Å². The number of likely N-dealkylation sites (N-methyl/N-ethyl adjacent to an activating group) is 1. The summed E-state index contributed by atoms with van der Waals surface area (Å²) in [5.74, 6) is -0.560. The molecule has 0 bridgehead atoms. The lowest BCUT2D eigenvalue weighted by molar-refractivity contribution is -0.129. The number of rotatable bonds is 5. The van der Waals surface area contributed by atoms with Gasteiger partial charge in [-0.25, -0.2) is 9.18 Å². The fourth-order valence-electron chi connectivity index (χ4n) is 4.15. The Hall–Kier alpha value is -2.35. The predicted molar refractivity (Wildman–Crippen MR) is 123 cm³/mol. The minimum atomic E-state index is -0.535. The number of halogens is 1. The quantitative estimate of drug-likeness (QED) is 0.749. The lowest BCUT2D eigenvalue weighted by Gasteiger charge is -2.42. The van der Waals surface area contributed by atoms with Crippen molar-refractivity contribution in [2.24, 2.45) is 11.8 Å². The SMILES string of the molecule is C[C@@H](NC(=O)[C@H](C)C1CN(C(=O)OC(C)(C)C)C1)c1cc(F)ccc1N1CCN(C)CC1. The molecule has 0 unspecified atom stereocenters. The van der Waals surface area contributed by atoms with Crippen LogP contribution < -0.4 is 10.2 Å². The van der Waals surface area contributed by atoms with E-state index in [1.165, 1.54) is 12.1 Å². The van der Waals surface area contributed by atoms with Gasteiger partial charge in [-0.3, -0.25) is 4.79 Å². The van der Waals surface area contributed by atoms with Gasteiger partial charge in [0.25, 0.3) is 0 Å². The number of carbonyl (C=O) groups excluding carboxylic acids is 2. The van der Waals surface area contributed by atoms with Gasteiger partial charge < -0.3 is 24.8 Å². The molecule has 3 rings (SSSR count). The lowest BCUT2D eigenvalue weighted by atomic mass is 9.86. The molecule has 2 fully saturated rings. The largest absolute Gasteiger partial charge is 0.444 e. The molecule has 0 aromatic heterocycles. The van der Waals surface area contributed by atoms with Crippen LogP contribution in [0, 0.1) is 17.7 Å². The summed E-state index contributed by atoms with van der Waals surface area (Å²) in [5.41, 5.74) is 1.23. The second-order valence-corrected chi connectivity index (χ2v) is 10.2. The van der Waals surface area contributed by atoms with E-state index in [2.05, 4.69) is 22.2 Å². The summed E-state index contributed by atoms with van der Waals surface area (Å²) in [5, 5.41) is 3.07. The maximum Gasteiger partial charge on any atom is 0.410 e. The van der Waals surface area contributed by atoms with Crippen molar-refractivity contribution < 1.29 is 18.7 Å². The zero-order valence-electron chi connectivity index (χ0n) is 20.2. The smallest absolute Gasteiger partial charge is 0.410 e. The van der Waals surface area contributed by atoms with Crippen molar-refractivity contribution in [3.63, 3.8) is 0 Å². The summed E-state index contributed by atoms with van der Waals surface area (Å²) in [6, 6.07) is 4.50. The van der Waals surface area contributed by atoms with Crippen LogP contribution in [0.5, 0.6) is 0 Å². The number of piperazine rings is 1. The van der Waals surface area contributed by atoms with Crippen molar-refractivity contribution in [1.82, 2.24) is 15.1 Å². The van der Waals surface area contributed by atoms with E-state index < -0.39 is 5.60 Å². The van der Waals surface area contributed by atoms with E-state index >= 15 is 0 Å². The number of nitrogens with zero attached hydrogens (tertiary/aromatic N) is 3. The third-order valence-electron chi connectivity index (χ3n) is 6.34. The Balaban J connectivity index is 1.59. The molecule has 0 saturated carbocycles. The number of amides is 2. The maximum atomic E-state index is 14.1. The maximum absolute atomic E-state index is 14.1. The molecule has 7 nitrogen and oxygen atoms in total. The molecule has 2 atom stereocenters. The monoisotopic (exact) mass is 448 g/mol. The van der Waals surface area contributed by atoms with Crippen molar-refractivity contribution in [3.8, 4) is 0 Å². The highest BCUT2D eigenvalue weighted by molar-refractivity contribution is 5.80. The molecule has 2 heterocycles. The van der Waals surface area contributed by atoms with Crippen LogP contribution in [0.25, 0.3) is 0 Å². The summed E-state index contributed by atoms with van der Waals surface area (Å²) in [6.45, 7) is 13.9. The van der Waals surface area contributed by atoms with Gasteiger partial charge in [0, 0.05) is 62.4 Å². The first-order chi connectivity index (χ1) is 14.9. The normalized spacial score (nSPS) is 19.8. The van der Waals surface area contributed by atoms with Crippen LogP contribution in [-0.4, -0.2) is 73.7 Å². The number of anilines is 1. The van der Waals surface area contributed by atoms with Gasteiger partial charge in [0.05, 0.1) is 6.04 Å². The van der Waals surface area contributed by atoms with Crippen LogP contribution in [0.4, 0.5) is 14.9 Å². The van der Waals surface area contributed by atoms with Crippen LogP contribution in [0.3, 0.4) is 0 Å². The third kappa shape index (κ3) is 5.91. The highest BCUT2D eigenvalue weighted by Gasteiger charge is 2.39. The molecular weight excluding hydrogens is 411 g/mol. The zero-order chi connectivity index (χ0) is 23.6. The van der Waals surface area contributed by atoms with Crippen LogP contribution in [0.15, 0.2) is 18.2 Å². The molecule has 2 aliphatic rings.